The van der Waals surface area contributed by atoms with E-state index >= 15 is 0 Å². The van der Waals surface area contributed by atoms with Crippen LogP contribution in [0, 0.1) is 13.8 Å². The minimum Gasteiger partial charge on any atom is -0.398 e. The summed E-state index contributed by atoms with van der Waals surface area (Å²) in [5.41, 5.74) is 8.92. The molecule has 1 unspecified atom stereocenters. The van der Waals surface area contributed by atoms with Gasteiger partial charge in [0, 0.05) is 12.3 Å². The molecule has 0 heterocycles. The van der Waals surface area contributed by atoms with Crippen LogP contribution in [0.25, 0.3) is 0 Å². The van der Waals surface area contributed by atoms with Crippen molar-refractivity contribution in [1.29, 1.82) is 0 Å². The maximum Gasteiger partial charge on any atom is 0.389 e. The molecule has 1 aromatic rings. The fraction of sp³-hybridized carbons (Fsp3) is 0.562. The van der Waals surface area contributed by atoms with E-state index in [0.29, 0.717) is 4.31 Å². The molecule has 3 N–H and O–H groups in total. The summed E-state index contributed by atoms with van der Waals surface area (Å²) in [6.45, 7) is 5.04. The van der Waals surface area contributed by atoms with Crippen molar-refractivity contribution >= 4 is 22.0 Å². The maximum atomic E-state index is 12.8. The predicted molar refractivity (Wildman–Crippen MR) is 96.2 cm³/mol. The number of nitrogens with two attached hydrogens (primary N) is 1. The number of alkyl halides is 1. The number of halogens is 1. The van der Waals surface area contributed by atoms with Gasteiger partial charge in [-0.3, -0.25) is 0 Å². The summed E-state index contributed by atoms with van der Waals surface area (Å²) >= 11 is 0. The average Bonchev–Trinajstić information content (AvgIpc) is 2.56. The zero-order valence-corrected chi connectivity index (χ0v) is 16.3. The van der Waals surface area contributed by atoms with Gasteiger partial charge in [-0.05, 0) is 38.8 Å². The summed E-state index contributed by atoms with van der Waals surface area (Å²) < 4.78 is 45.1. The van der Waals surface area contributed by atoms with Gasteiger partial charge in [-0.25, -0.2) is 9.18 Å². The van der Waals surface area contributed by atoms with E-state index in [1.807, 2.05) is 32.0 Å². The number of para-hydroxylation sites is 1. The number of carbonyl (C=O) groups excluding carboxylic acids is 1. The van der Waals surface area contributed by atoms with Crippen molar-refractivity contribution in [2.24, 2.45) is 0 Å². The van der Waals surface area contributed by atoms with Crippen molar-refractivity contribution in [3.05, 3.63) is 29.3 Å². The minimum absolute atomic E-state index is 0.223. The van der Waals surface area contributed by atoms with Crippen LogP contribution in [0.5, 0.6) is 0 Å². The van der Waals surface area contributed by atoms with E-state index in [4.69, 9.17) is 15.6 Å². The molecule has 0 aromatic heterocycles. The highest BCUT2D eigenvalue weighted by Gasteiger charge is 2.28. The third-order valence-corrected chi connectivity index (χ3v) is 4.36. The zero-order chi connectivity index (χ0) is 20.3. The van der Waals surface area contributed by atoms with E-state index in [1.165, 1.54) is 0 Å². The van der Waals surface area contributed by atoms with Crippen molar-refractivity contribution in [3.63, 3.8) is 0 Å². The van der Waals surface area contributed by atoms with Crippen LogP contribution >= 0.6 is 0 Å². The van der Waals surface area contributed by atoms with Crippen LogP contribution in [0.1, 0.15) is 25.0 Å². The third-order valence-electron chi connectivity index (χ3n) is 3.08. The van der Waals surface area contributed by atoms with Crippen LogP contribution in [-0.4, -0.2) is 56.5 Å². The van der Waals surface area contributed by atoms with Crippen LogP contribution in [0.2, 0.25) is 0 Å². The van der Waals surface area contributed by atoms with Crippen molar-refractivity contribution in [2.75, 3.05) is 32.2 Å². The Morgan fingerprint density at radius 1 is 1.35 bits per heavy atom. The number of hydrogen-bond donors (Lipinski definition) is 2. The second-order valence-corrected chi connectivity index (χ2v) is 6.95. The summed E-state index contributed by atoms with van der Waals surface area (Å²) in [5.74, 6) is -1.34. The first-order valence-corrected chi connectivity index (χ1v) is 9.28. The minimum atomic E-state index is -4.44. The fourth-order valence-corrected chi connectivity index (χ4v) is 2.69. The molecule has 0 radical (unpaired) electrons. The summed E-state index contributed by atoms with van der Waals surface area (Å²) in [6.07, 6.45) is -1.45. The Morgan fingerprint density at radius 2 is 1.88 bits per heavy atom. The number of ether oxygens (including phenoxy) is 1. The summed E-state index contributed by atoms with van der Waals surface area (Å²) in [7, 11) is -4.44. The lowest BCUT2D eigenvalue weighted by Gasteiger charge is -2.20. The Morgan fingerprint density at radius 3 is 2.27 bits per heavy atom. The first kappa shape index (κ1) is 24.2. The number of aliphatic hydroxyl groups excluding tert-OH is 1. The van der Waals surface area contributed by atoms with Gasteiger partial charge in [0.15, 0.2) is 0 Å². The number of hydrogen-bond acceptors (Lipinski definition) is 7. The van der Waals surface area contributed by atoms with Gasteiger partial charge in [-0.15, -0.1) is 4.31 Å². The summed E-state index contributed by atoms with van der Waals surface area (Å²) in [6, 6.07) is 6.05. The molecule has 0 aliphatic heterocycles. The van der Waals surface area contributed by atoms with Crippen LogP contribution in [-0.2, 0) is 24.0 Å². The van der Waals surface area contributed by atoms with Crippen molar-refractivity contribution in [3.8, 4) is 0 Å². The van der Waals surface area contributed by atoms with Gasteiger partial charge < -0.3 is 19.8 Å². The molecule has 0 saturated carbocycles. The number of nitrogen functional groups attached to an aromatic ring is 1. The van der Waals surface area contributed by atoms with E-state index in [-0.39, 0.29) is 6.61 Å². The van der Waals surface area contributed by atoms with Gasteiger partial charge >= 0.3 is 16.3 Å². The number of carbonyl (C=O) groups is 1. The second-order valence-electron chi connectivity index (χ2n) is 5.41. The highest BCUT2D eigenvalue weighted by atomic mass is 32.2. The Balaban J connectivity index is 0.000000577. The van der Waals surface area contributed by atoms with E-state index in [9.17, 15) is 17.6 Å². The molecule has 10 heteroatoms. The van der Waals surface area contributed by atoms with E-state index in [2.05, 4.69) is 4.18 Å². The van der Waals surface area contributed by atoms with Crippen molar-refractivity contribution < 1.29 is 31.6 Å². The second kappa shape index (κ2) is 11.8. The highest BCUT2D eigenvalue weighted by Crippen LogP contribution is 2.13. The molecule has 0 amide bonds. The lowest BCUT2D eigenvalue weighted by atomic mass is 10.1. The quantitative estimate of drug-likeness (QED) is 0.504. The molecule has 0 aliphatic rings. The number of aliphatic hydroxyl groups is 1. The molecule has 0 bridgehead atoms. The first-order valence-electron chi connectivity index (χ1n) is 7.91. The SMILES string of the molecule is CCOCN(CC(C)F)S(=O)(=O)OC(=O)CO.Cc1cccc(C)c1N. The molecular formula is C16H27FN2O6S. The molecular weight excluding hydrogens is 367 g/mol. The monoisotopic (exact) mass is 394 g/mol. The Kier molecular flexibility index (Phi) is 11.0. The Hall–Kier alpha value is -1.75. The molecule has 150 valence electrons. The van der Waals surface area contributed by atoms with Crippen LogP contribution in [0.15, 0.2) is 18.2 Å². The maximum absolute atomic E-state index is 12.8. The Labute approximate surface area is 154 Å². The van der Waals surface area contributed by atoms with Gasteiger partial charge in [-0.1, -0.05) is 18.2 Å². The van der Waals surface area contributed by atoms with Crippen LogP contribution in [0.4, 0.5) is 10.1 Å². The third kappa shape index (κ3) is 9.09. The molecule has 0 fully saturated rings. The van der Waals surface area contributed by atoms with Crippen molar-refractivity contribution in [2.45, 2.75) is 33.9 Å². The largest absolute Gasteiger partial charge is 0.398 e. The summed E-state index contributed by atoms with van der Waals surface area (Å²) in [4.78, 5) is 10.7. The molecule has 0 saturated heterocycles. The number of benzene rings is 1. The number of anilines is 1. The van der Waals surface area contributed by atoms with Gasteiger partial charge in [0.1, 0.15) is 19.5 Å². The van der Waals surface area contributed by atoms with Crippen LogP contribution in [0.3, 0.4) is 0 Å². The molecule has 0 spiro atoms. The zero-order valence-electron chi connectivity index (χ0n) is 15.4. The number of nitrogens with zero attached hydrogens (tertiary/aromatic N) is 1. The van der Waals surface area contributed by atoms with E-state index in [1.54, 1.807) is 6.92 Å². The molecule has 8 nitrogen and oxygen atoms in total. The molecule has 1 atom stereocenters. The number of aryl methyl sites for hydroxylation is 2. The predicted octanol–water partition coefficient (Wildman–Crippen LogP) is 1.31. The summed E-state index contributed by atoms with van der Waals surface area (Å²) in [5, 5.41) is 8.38. The van der Waals surface area contributed by atoms with E-state index < -0.39 is 42.3 Å². The van der Waals surface area contributed by atoms with Gasteiger partial charge in [0.05, 0.1) is 6.54 Å². The molecule has 0 aliphatic carbocycles. The van der Waals surface area contributed by atoms with Crippen molar-refractivity contribution in [1.82, 2.24) is 4.31 Å². The molecule has 1 aromatic carbocycles. The molecule has 26 heavy (non-hydrogen) atoms. The molecule has 1 rings (SSSR count). The normalized spacial score (nSPS) is 12.3. The lowest BCUT2D eigenvalue weighted by Crippen LogP contribution is -2.39. The topological polar surface area (TPSA) is 119 Å². The fourth-order valence-electron chi connectivity index (χ4n) is 1.71. The number of rotatable bonds is 8. The van der Waals surface area contributed by atoms with Gasteiger partial charge in [-0.2, -0.15) is 8.42 Å². The standard InChI is InChI=1S/C8H16FNO6S.C8H11N/c1-3-15-6-10(4-7(2)9)17(13,14)16-8(12)5-11;1-6-4-3-5-7(2)8(6)9/h7,11H,3-6H2,1-2H3;3-5H,9H2,1-2H3. The average molecular weight is 394 g/mol. The lowest BCUT2D eigenvalue weighted by molar-refractivity contribution is -0.137. The highest BCUT2D eigenvalue weighted by molar-refractivity contribution is 7.84. The van der Waals surface area contributed by atoms with Crippen LogP contribution < -0.4 is 5.73 Å². The van der Waals surface area contributed by atoms with Gasteiger partial charge in [0.2, 0.25) is 0 Å². The smallest absolute Gasteiger partial charge is 0.389 e. The Bertz CT molecular complexity index is 646. The first-order chi connectivity index (χ1) is 12.0. The van der Waals surface area contributed by atoms with E-state index in [0.717, 1.165) is 23.7 Å². The van der Waals surface area contributed by atoms with Gasteiger partial charge in [0.25, 0.3) is 0 Å².